The lowest BCUT2D eigenvalue weighted by atomic mass is 10.2. The lowest BCUT2D eigenvalue weighted by molar-refractivity contribution is -0.137. The van der Waals surface area contributed by atoms with Gasteiger partial charge in [0.25, 0.3) is 0 Å². The predicted octanol–water partition coefficient (Wildman–Crippen LogP) is 2.99. The van der Waals surface area contributed by atoms with E-state index in [9.17, 15) is 4.79 Å². The molecular formula is C19H30O4Si. The molecule has 0 spiro atoms. The molecule has 0 aliphatic rings. The first-order valence-corrected chi connectivity index (χ1v) is 10.6. The molecule has 0 atom stereocenters. The van der Waals surface area contributed by atoms with Crippen molar-refractivity contribution in [3.63, 3.8) is 0 Å². The Morgan fingerprint density at radius 2 is 1.88 bits per heavy atom. The zero-order chi connectivity index (χ0) is 17.6. The summed E-state index contributed by atoms with van der Waals surface area (Å²) >= 11 is 0. The average molecular weight is 351 g/mol. The number of rotatable bonds is 13. The highest BCUT2D eigenvalue weighted by Crippen LogP contribution is 2.24. The number of carbonyl (C=O) groups excluding carboxylic acids is 1. The van der Waals surface area contributed by atoms with Crippen LogP contribution in [0.3, 0.4) is 0 Å². The van der Waals surface area contributed by atoms with Crippen LogP contribution >= 0.6 is 0 Å². The Hall–Kier alpha value is -1.75. The third kappa shape index (κ3) is 7.68. The summed E-state index contributed by atoms with van der Waals surface area (Å²) in [5.41, 5.74) is 0. The van der Waals surface area contributed by atoms with E-state index in [1.807, 2.05) is 19.9 Å². The van der Waals surface area contributed by atoms with Crippen molar-refractivity contribution in [1.82, 2.24) is 0 Å². The summed E-state index contributed by atoms with van der Waals surface area (Å²) in [6.07, 6.45) is 5.61. The van der Waals surface area contributed by atoms with Crippen LogP contribution < -0.4 is 14.7 Å². The van der Waals surface area contributed by atoms with Gasteiger partial charge < -0.3 is 14.2 Å². The lowest BCUT2D eigenvalue weighted by Gasteiger charge is -2.15. The van der Waals surface area contributed by atoms with Gasteiger partial charge in [0.05, 0.1) is 29.3 Å². The molecule has 5 heteroatoms. The van der Waals surface area contributed by atoms with Crippen LogP contribution in [-0.4, -0.2) is 35.3 Å². The van der Waals surface area contributed by atoms with Crippen LogP contribution in [0.2, 0.25) is 6.04 Å². The predicted molar refractivity (Wildman–Crippen MR) is 101 cm³/mol. The third-order valence-corrected chi connectivity index (χ3v) is 5.60. The highest BCUT2D eigenvalue weighted by Gasteiger charge is 2.10. The van der Waals surface area contributed by atoms with Crippen molar-refractivity contribution in [3.8, 4) is 11.5 Å². The van der Waals surface area contributed by atoms with Gasteiger partial charge in [-0.05, 0) is 31.5 Å². The summed E-state index contributed by atoms with van der Waals surface area (Å²) in [4.78, 5) is 10.9. The largest absolute Gasteiger partial charge is 0.490 e. The molecule has 0 aromatic heterocycles. The Labute approximate surface area is 148 Å². The van der Waals surface area contributed by atoms with Gasteiger partial charge in [0.15, 0.2) is 11.5 Å². The van der Waals surface area contributed by atoms with E-state index < -0.39 is 0 Å². The fraction of sp³-hybridized carbons (Fsp3) is 0.526. The minimum absolute atomic E-state index is 0.333. The SMILES string of the molecule is C=CC(=O)OCCCCCC[SiH2]c1cccc(OCC)c1OCC. The van der Waals surface area contributed by atoms with Gasteiger partial charge in [-0.3, -0.25) is 0 Å². The van der Waals surface area contributed by atoms with Gasteiger partial charge in [0, 0.05) is 6.08 Å². The number of benzene rings is 1. The Morgan fingerprint density at radius 1 is 1.12 bits per heavy atom. The Morgan fingerprint density at radius 3 is 2.58 bits per heavy atom. The number of hydrogen-bond acceptors (Lipinski definition) is 4. The third-order valence-electron chi connectivity index (χ3n) is 3.65. The van der Waals surface area contributed by atoms with Crippen LogP contribution in [0.1, 0.15) is 39.5 Å². The van der Waals surface area contributed by atoms with Crippen molar-refractivity contribution in [2.24, 2.45) is 0 Å². The first-order valence-electron chi connectivity index (χ1n) is 8.89. The van der Waals surface area contributed by atoms with Crippen LogP contribution in [0, 0.1) is 0 Å². The van der Waals surface area contributed by atoms with E-state index in [0.717, 1.165) is 24.3 Å². The van der Waals surface area contributed by atoms with Crippen molar-refractivity contribution in [1.29, 1.82) is 0 Å². The molecule has 0 N–H and O–H groups in total. The van der Waals surface area contributed by atoms with Gasteiger partial charge in [-0.15, -0.1) is 0 Å². The van der Waals surface area contributed by atoms with E-state index in [1.54, 1.807) is 0 Å². The van der Waals surface area contributed by atoms with Crippen LogP contribution in [0.5, 0.6) is 11.5 Å². The van der Waals surface area contributed by atoms with E-state index >= 15 is 0 Å². The molecule has 0 unspecified atom stereocenters. The number of hydrogen-bond donors (Lipinski definition) is 0. The fourth-order valence-corrected chi connectivity index (χ4v) is 4.31. The van der Waals surface area contributed by atoms with Gasteiger partial charge in [-0.2, -0.15) is 0 Å². The van der Waals surface area contributed by atoms with Crippen LogP contribution in [0.15, 0.2) is 30.9 Å². The zero-order valence-electron chi connectivity index (χ0n) is 15.0. The van der Waals surface area contributed by atoms with Gasteiger partial charge >= 0.3 is 5.97 Å². The Bertz CT molecular complexity index is 502. The number of para-hydroxylation sites is 1. The molecule has 0 amide bonds. The summed E-state index contributed by atoms with van der Waals surface area (Å²) in [5, 5.41) is 1.35. The summed E-state index contributed by atoms with van der Waals surface area (Å²) in [6, 6.07) is 7.47. The normalized spacial score (nSPS) is 10.8. The second-order valence-electron chi connectivity index (χ2n) is 5.50. The molecule has 1 aromatic rings. The van der Waals surface area contributed by atoms with E-state index in [2.05, 4.69) is 18.7 Å². The number of ether oxygens (including phenoxy) is 3. The fourth-order valence-electron chi connectivity index (χ4n) is 2.52. The molecule has 0 aliphatic heterocycles. The first-order chi connectivity index (χ1) is 11.7. The molecule has 0 radical (unpaired) electrons. The van der Waals surface area contributed by atoms with Crippen LogP contribution in [-0.2, 0) is 9.53 Å². The summed E-state index contributed by atoms with van der Waals surface area (Å²) < 4.78 is 16.5. The van der Waals surface area contributed by atoms with Crippen molar-refractivity contribution in [3.05, 3.63) is 30.9 Å². The number of unbranched alkanes of at least 4 members (excludes halogenated alkanes) is 3. The molecule has 1 aromatic carbocycles. The molecule has 24 heavy (non-hydrogen) atoms. The van der Waals surface area contributed by atoms with Gasteiger partial charge in [-0.25, -0.2) is 4.79 Å². The van der Waals surface area contributed by atoms with E-state index in [0.29, 0.717) is 19.8 Å². The topological polar surface area (TPSA) is 44.8 Å². The van der Waals surface area contributed by atoms with Crippen LogP contribution in [0.4, 0.5) is 0 Å². The average Bonchev–Trinajstić information content (AvgIpc) is 2.59. The molecule has 4 nitrogen and oxygen atoms in total. The standard InChI is InChI=1S/C19H30O4Si/c1-4-18(20)23-14-9-7-8-10-15-24-17-13-11-12-16(21-5-2)19(17)22-6-3/h4,11-13H,1,5-10,14-15,24H2,2-3H3. The molecular weight excluding hydrogens is 320 g/mol. The van der Waals surface area contributed by atoms with Gasteiger partial charge in [0.1, 0.15) is 0 Å². The summed E-state index contributed by atoms with van der Waals surface area (Å²) in [6.45, 7) is 9.19. The summed E-state index contributed by atoms with van der Waals surface area (Å²) in [5.74, 6) is 1.48. The monoisotopic (exact) mass is 350 g/mol. The maximum Gasteiger partial charge on any atom is 0.330 e. The van der Waals surface area contributed by atoms with Crippen molar-refractivity contribution < 1.29 is 19.0 Å². The molecule has 0 fully saturated rings. The van der Waals surface area contributed by atoms with E-state index in [1.165, 1.54) is 30.1 Å². The Balaban J connectivity index is 2.30. The lowest BCUT2D eigenvalue weighted by Crippen LogP contribution is -2.18. The molecule has 0 bridgehead atoms. The zero-order valence-corrected chi connectivity index (χ0v) is 16.4. The highest BCUT2D eigenvalue weighted by molar-refractivity contribution is 6.54. The molecule has 0 saturated heterocycles. The second-order valence-corrected chi connectivity index (χ2v) is 7.47. The van der Waals surface area contributed by atoms with E-state index in [-0.39, 0.29) is 15.5 Å². The minimum atomic E-state index is -0.359. The highest BCUT2D eigenvalue weighted by atomic mass is 28.2. The van der Waals surface area contributed by atoms with Crippen molar-refractivity contribution in [2.45, 2.75) is 45.6 Å². The molecule has 0 aliphatic carbocycles. The van der Waals surface area contributed by atoms with Crippen molar-refractivity contribution >= 4 is 20.7 Å². The number of esters is 1. The van der Waals surface area contributed by atoms with Crippen LogP contribution in [0.25, 0.3) is 0 Å². The van der Waals surface area contributed by atoms with Crippen molar-refractivity contribution in [2.75, 3.05) is 19.8 Å². The number of carbonyl (C=O) groups is 1. The first kappa shape index (κ1) is 20.3. The van der Waals surface area contributed by atoms with Gasteiger partial charge in [-0.1, -0.05) is 44.0 Å². The quantitative estimate of drug-likeness (QED) is 0.237. The molecule has 134 valence electrons. The molecule has 1 rings (SSSR count). The Kier molecular flexibility index (Phi) is 10.7. The second kappa shape index (κ2) is 12.6. The summed E-state index contributed by atoms with van der Waals surface area (Å²) in [7, 11) is -0.359. The minimum Gasteiger partial charge on any atom is -0.490 e. The maximum atomic E-state index is 10.9. The molecule has 0 saturated carbocycles. The van der Waals surface area contributed by atoms with E-state index in [4.69, 9.17) is 14.2 Å². The maximum absolute atomic E-state index is 10.9. The smallest absolute Gasteiger partial charge is 0.330 e. The van der Waals surface area contributed by atoms with Gasteiger partial charge in [0.2, 0.25) is 0 Å². The molecule has 0 heterocycles.